The van der Waals surface area contributed by atoms with Crippen molar-refractivity contribution in [1.29, 1.82) is 0 Å². The highest BCUT2D eigenvalue weighted by Crippen LogP contribution is 2.61. The molecule has 0 bridgehead atoms. The zero-order valence-electron chi connectivity index (χ0n) is 14.3. The number of aliphatic imine (C=N–C) groups is 2. The summed E-state index contributed by atoms with van der Waals surface area (Å²) in [6, 6.07) is 10.6. The van der Waals surface area contributed by atoms with Gasteiger partial charge in [-0.05, 0) is 30.8 Å². The van der Waals surface area contributed by atoms with Crippen LogP contribution < -0.4 is 0 Å². The first-order chi connectivity index (χ1) is 12.2. The number of hydrogen-bond donors (Lipinski definition) is 0. The van der Waals surface area contributed by atoms with Crippen LogP contribution >= 0.6 is 0 Å². The first-order valence-corrected chi connectivity index (χ1v) is 9.23. The van der Waals surface area contributed by atoms with Crippen LogP contribution in [0.2, 0.25) is 0 Å². The molecule has 1 aromatic rings. The largest absolute Gasteiger partial charge is 0.269 e. The van der Waals surface area contributed by atoms with Gasteiger partial charge in [0.25, 0.3) is 0 Å². The Morgan fingerprint density at radius 3 is 2.76 bits per heavy atom. The van der Waals surface area contributed by atoms with Crippen LogP contribution in [0, 0.1) is 11.8 Å². The lowest BCUT2D eigenvalue weighted by atomic mass is 9.89. The van der Waals surface area contributed by atoms with Crippen LogP contribution in [0.5, 0.6) is 0 Å². The van der Waals surface area contributed by atoms with E-state index >= 15 is 0 Å². The van der Waals surface area contributed by atoms with Crippen LogP contribution in [0.25, 0.3) is 0 Å². The van der Waals surface area contributed by atoms with Crippen molar-refractivity contribution in [2.24, 2.45) is 21.8 Å². The molecular formula is C23H20N2. The van der Waals surface area contributed by atoms with Gasteiger partial charge in [0, 0.05) is 12.0 Å². The molecule has 122 valence electrons. The van der Waals surface area contributed by atoms with Crippen molar-refractivity contribution < 1.29 is 0 Å². The van der Waals surface area contributed by atoms with Crippen LogP contribution in [0.4, 0.5) is 0 Å². The van der Waals surface area contributed by atoms with Gasteiger partial charge in [-0.15, -0.1) is 0 Å². The van der Waals surface area contributed by atoms with Crippen LogP contribution in [0.3, 0.4) is 0 Å². The molecule has 4 aliphatic carbocycles. The van der Waals surface area contributed by atoms with Crippen LogP contribution in [0.15, 0.2) is 87.9 Å². The number of nitrogens with zero attached hydrogens (tertiary/aromatic N) is 2. The average molecular weight is 324 g/mol. The maximum absolute atomic E-state index is 5.37. The van der Waals surface area contributed by atoms with Gasteiger partial charge in [-0.25, -0.2) is 0 Å². The predicted molar refractivity (Wildman–Crippen MR) is 102 cm³/mol. The van der Waals surface area contributed by atoms with Gasteiger partial charge in [0.05, 0.1) is 11.4 Å². The molecule has 0 spiro atoms. The summed E-state index contributed by atoms with van der Waals surface area (Å²) in [7, 11) is 0. The van der Waals surface area contributed by atoms with E-state index in [-0.39, 0.29) is 11.1 Å². The third kappa shape index (κ3) is 1.80. The summed E-state index contributed by atoms with van der Waals surface area (Å²) in [4.78, 5) is 10.7. The molecule has 5 aliphatic rings. The zero-order valence-corrected chi connectivity index (χ0v) is 14.3. The minimum absolute atomic E-state index is 0.133. The number of benzene rings is 1. The van der Waals surface area contributed by atoms with E-state index in [1.165, 1.54) is 23.1 Å². The molecule has 0 amide bonds. The third-order valence-electron chi connectivity index (χ3n) is 6.29. The third-order valence-corrected chi connectivity index (χ3v) is 6.29. The van der Waals surface area contributed by atoms with E-state index in [0.717, 1.165) is 17.8 Å². The molecule has 2 saturated carbocycles. The molecule has 1 heterocycles. The quantitative estimate of drug-likeness (QED) is 0.767. The average Bonchev–Trinajstić information content (AvgIpc) is 3.52. The topological polar surface area (TPSA) is 24.7 Å². The Kier molecular flexibility index (Phi) is 2.41. The Hall–Kier alpha value is -2.48. The van der Waals surface area contributed by atoms with E-state index < -0.39 is 0 Å². The van der Waals surface area contributed by atoms with Crippen molar-refractivity contribution in [2.75, 3.05) is 0 Å². The van der Waals surface area contributed by atoms with Gasteiger partial charge in [-0.2, -0.15) is 0 Å². The second-order valence-corrected chi connectivity index (χ2v) is 8.05. The van der Waals surface area contributed by atoms with Crippen LogP contribution in [-0.2, 0) is 0 Å². The maximum atomic E-state index is 5.37. The van der Waals surface area contributed by atoms with Gasteiger partial charge in [-0.3, -0.25) is 9.98 Å². The van der Waals surface area contributed by atoms with Gasteiger partial charge < -0.3 is 0 Å². The fourth-order valence-electron chi connectivity index (χ4n) is 4.75. The molecule has 4 atom stereocenters. The summed E-state index contributed by atoms with van der Waals surface area (Å²) in [6.07, 6.45) is 15.9. The Morgan fingerprint density at radius 1 is 1.04 bits per heavy atom. The van der Waals surface area contributed by atoms with Crippen molar-refractivity contribution in [2.45, 2.75) is 30.8 Å². The van der Waals surface area contributed by atoms with Gasteiger partial charge in [0.15, 0.2) is 0 Å². The van der Waals surface area contributed by atoms with Crippen molar-refractivity contribution >= 4 is 11.4 Å². The smallest absolute Gasteiger partial charge is 0.112 e. The molecule has 2 nitrogen and oxygen atoms in total. The maximum Gasteiger partial charge on any atom is 0.112 e. The summed E-state index contributed by atoms with van der Waals surface area (Å²) in [5, 5.41) is 0. The molecule has 0 aromatic heterocycles. The van der Waals surface area contributed by atoms with E-state index in [9.17, 15) is 0 Å². The molecule has 25 heavy (non-hydrogen) atoms. The standard InChI is InChI=1S/C23H20N2/c1-15-10-11-22-14-23(22,13-15)25-21(18-9-5-8-17-12-19(17)18)20(24-22)16-6-3-2-4-7-16/h2-11,13,17,19H,12,14H2,1H3. The Balaban J connectivity index is 1.55. The van der Waals surface area contributed by atoms with Crippen LogP contribution in [0.1, 0.15) is 25.3 Å². The van der Waals surface area contributed by atoms with Crippen molar-refractivity contribution in [3.05, 3.63) is 83.5 Å². The summed E-state index contributed by atoms with van der Waals surface area (Å²) in [5.41, 5.74) is 5.82. The van der Waals surface area contributed by atoms with Crippen molar-refractivity contribution in [3.63, 3.8) is 0 Å². The highest BCUT2D eigenvalue weighted by Gasteiger charge is 2.69. The fraction of sp³-hybridized carbons (Fsp3) is 0.304. The van der Waals surface area contributed by atoms with Gasteiger partial charge >= 0.3 is 0 Å². The lowest BCUT2D eigenvalue weighted by Crippen LogP contribution is -2.34. The predicted octanol–water partition coefficient (Wildman–Crippen LogP) is 4.46. The highest BCUT2D eigenvalue weighted by atomic mass is 15.2. The summed E-state index contributed by atoms with van der Waals surface area (Å²) in [5.74, 6) is 1.36. The minimum Gasteiger partial charge on any atom is -0.269 e. The Labute approximate surface area is 148 Å². The van der Waals surface area contributed by atoms with Gasteiger partial charge in [0.1, 0.15) is 11.1 Å². The van der Waals surface area contributed by atoms with Gasteiger partial charge in [-0.1, -0.05) is 72.4 Å². The number of rotatable bonds is 2. The molecule has 6 rings (SSSR count). The summed E-state index contributed by atoms with van der Waals surface area (Å²) >= 11 is 0. The molecule has 0 radical (unpaired) electrons. The van der Waals surface area contributed by atoms with Crippen molar-refractivity contribution in [1.82, 2.24) is 0 Å². The molecular weight excluding hydrogens is 304 g/mol. The molecule has 0 saturated heterocycles. The number of allylic oxidation sites excluding steroid dienone is 6. The van der Waals surface area contributed by atoms with E-state index in [4.69, 9.17) is 9.98 Å². The molecule has 4 unspecified atom stereocenters. The van der Waals surface area contributed by atoms with E-state index in [1.807, 2.05) is 0 Å². The molecule has 2 heteroatoms. The summed E-state index contributed by atoms with van der Waals surface area (Å²) in [6.45, 7) is 2.17. The fourth-order valence-corrected chi connectivity index (χ4v) is 4.75. The first kappa shape index (κ1) is 13.8. The molecule has 0 N–H and O–H groups in total. The second kappa shape index (κ2) is 4.37. The van der Waals surface area contributed by atoms with E-state index in [0.29, 0.717) is 11.8 Å². The van der Waals surface area contributed by atoms with E-state index in [1.54, 1.807) is 0 Å². The molecule has 2 fully saturated rings. The second-order valence-electron chi connectivity index (χ2n) is 8.05. The Bertz CT molecular complexity index is 973. The molecule has 1 aliphatic heterocycles. The van der Waals surface area contributed by atoms with Crippen LogP contribution in [-0.4, -0.2) is 22.5 Å². The minimum atomic E-state index is -0.144. The van der Waals surface area contributed by atoms with Gasteiger partial charge in [0.2, 0.25) is 0 Å². The monoisotopic (exact) mass is 324 g/mol. The molecule has 1 aromatic carbocycles. The number of fused-ring (bicyclic) bond motifs is 1. The Morgan fingerprint density at radius 2 is 1.88 bits per heavy atom. The summed E-state index contributed by atoms with van der Waals surface area (Å²) < 4.78 is 0. The van der Waals surface area contributed by atoms with Crippen molar-refractivity contribution in [3.8, 4) is 0 Å². The first-order valence-electron chi connectivity index (χ1n) is 9.23. The number of hydrogen-bond acceptors (Lipinski definition) is 2. The highest BCUT2D eigenvalue weighted by molar-refractivity contribution is 6.54. The lowest BCUT2D eigenvalue weighted by molar-refractivity contribution is 0.690. The normalized spacial score (nSPS) is 39.2. The SMILES string of the molecule is CC1=CC23CC2(C=C1)N=C(c1ccccc1)C(C1=CC=CC2CC12)=N3. The zero-order chi connectivity index (χ0) is 16.6. The van der Waals surface area contributed by atoms with E-state index in [2.05, 4.69) is 73.7 Å². The lowest BCUT2D eigenvalue weighted by Gasteiger charge is -2.27.